The number of carboxylic acids is 1. The molecule has 0 aromatic rings. The van der Waals surface area contributed by atoms with E-state index in [9.17, 15) is 4.79 Å². The van der Waals surface area contributed by atoms with E-state index in [-0.39, 0.29) is 0 Å². The van der Waals surface area contributed by atoms with Gasteiger partial charge in [0.05, 0.1) is 0 Å². The van der Waals surface area contributed by atoms with Gasteiger partial charge in [0.1, 0.15) is 0 Å². The Bertz CT molecular complexity index is 62.7. The predicted molar refractivity (Wildman–Crippen MR) is 30.2 cm³/mol. The summed E-state index contributed by atoms with van der Waals surface area (Å²) in [7, 11) is 1.81. The molecule has 0 aliphatic rings. The number of hydrogen-bond acceptors (Lipinski definition) is 1. The van der Waals surface area contributed by atoms with Crippen molar-refractivity contribution < 1.29 is 9.90 Å². The second kappa shape index (κ2) is 3.86. The van der Waals surface area contributed by atoms with Crippen LogP contribution < -0.4 is 0 Å². The lowest BCUT2D eigenvalue weighted by molar-refractivity contribution is -0.137. The summed E-state index contributed by atoms with van der Waals surface area (Å²) in [5.74, 6) is -0.688. The summed E-state index contributed by atoms with van der Waals surface area (Å²) in [5, 5.41) is 8.05. The first-order valence-electron chi connectivity index (χ1n) is 2.28. The molecular formula is C4H9O2Si. The zero-order valence-electron chi connectivity index (χ0n) is 4.18. The van der Waals surface area contributed by atoms with Crippen LogP contribution in [0.1, 0.15) is 12.8 Å². The largest absolute Gasteiger partial charge is 0.481 e. The van der Waals surface area contributed by atoms with Gasteiger partial charge in [-0.25, -0.2) is 0 Å². The van der Waals surface area contributed by atoms with Gasteiger partial charge in [0, 0.05) is 16.7 Å². The van der Waals surface area contributed by atoms with Crippen LogP contribution in [0.5, 0.6) is 0 Å². The van der Waals surface area contributed by atoms with E-state index < -0.39 is 5.97 Å². The standard InChI is InChI=1S/C4H9O2Si/c5-4(6)2-1-3-7/h1-3,7H2,(H,5,6). The normalized spacial score (nSPS) is 8.71. The van der Waals surface area contributed by atoms with Crippen molar-refractivity contribution in [3.8, 4) is 0 Å². The molecule has 0 bridgehead atoms. The molecule has 0 aliphatic heterocycles. The Morgan fingerprint density at radius 2 is 2.29 bits per heavy atom. The molecule has 0 amide bonds. The van der Waals surface area contributed by atoms with Gasteiger partial charge in [-0.1, -0.05) is 6.04 Å². The van der Waals surface area contributed by atoms with Gasteiger partial charge < -0.3 is 5.11 Å². The maximum Gasteiger partial charge on any atom is 0.303 e. The third kappa shape index (κ3) is 5.69. The number of hydrogen-bond donors (Lipinski definition) is 1. The number of rotatable bonds is 3. The number of carboxylic acid groups (broad SMARTS) is 1. The summed E-state index contributed by atoms with van der Waals surface area (Å²) in [6, 6.07) is 0.992. The molecule has 7 heavy (non-hydrogen) atoms. The Balaban J connectivity index is 2.82. The predicted octanol–water partition coefficient (Wildman–Crippen LogP) is -0.0974. The van der Waals surface area contributed by atoms with Gasteiger partial charge in [-0.15, -0.1) is 0 Å². The van der Waals surface area contributed by atoms with E-state index in [0.717, 1.165) is 12.5 Å². The molecule has 0 unspecified atom stereocenters. The molecular weight excluding hydrogens is 108 g/mol. The Morgan fingerprint density at radius 1 is 1.71 bits per heavy atom. The molecule has 0 atom stereocenters. The first kappa shape index (κ1) is 6.69. The minimum atomic E-state index is -0.688. The highest BCUT2D eigenvalue weighted by Crippen LogP contribution is 1.89. The van der Waals surface area contributed by atoms with E-state index in [1.807, 2.05) is 0 Å². The van der Waals surface area contributed by atoms with Crippen LogP contribution in [0.3, 0.4) is 0 Å². The molecule has 0 aromatic heterocycles. The number of aliphatic carboxylic acids is 1. The van der Waals surface area contributed by atoms with Gasteiger partial charge in [0.25, 0.3) is 0 Å². The van der Waals surface area contributed by atoms with E-state index in [1.54, 1.807) is 10.2 Å². The third-order valence-corrected chi connectivity index (χ3v) is 1.14. The summed E-state index contributed by atoms with van der Waals surface area (Å²) in [6.07, 6.45) is 1.14. The van der Waals surface area contributed by atoms with E-state index in [0.29, 0.717) is 6.42 Å². The Kier molecular flexibility index (Phi) is 3.69. The van der Waals surface area contributed by atoms with Crippen molar-refractivity contribution >= 4 is 16.2 Å². The smallest absolute Gasteiger partial charge is 0.303 e. The Hall–Kier alpha value is -0.313. The summed E-state index contributed by atoms with van der Waals surface area (Å²) in [6.45, 7) is 0. The molecule has 1 N–H and O–H groups in total. The maximum absolute atomic E-state index is 9.76. The molecule has 0 fully saturated rings. The van der Waals surface area contributed by atoms with Crippen molar-refractivity contribution in [1.29, 1.82) is 0 Å². The van der Waals surface area contributed by atoms with Crippen LogP contribution in [0, 0.1) is 0 Å². The molecule has 0 aliphatic carbocycles. The fourth-order valence-corrected chi connectivity index (χ4v) is 0.526. The molecule has 0 heterocycles. The van der Waals surface area contributed by atoms with Gasteiger partial charge in [-0.05, 0) is 6.42 Å². The zero-order chi connectivity index (χ0) is 5.70. The monoisotopic (exact) mass is 117 g/mol. The maximum atomic E-state index is 9.76. The first-order chi connectivity index (χ1) is 3.27. The Labute approximate surface area is 46.0 Å². The average Bonchev–Trinajstić information content (AvgIpc) is 1.61. The van der Waals surface area contributed by atoms with Gasteiger partial charge in [0.15, 0.2) is 0 Å². The highest BCUT2D eigenvalue weighted by molar-refractivity contribution is 6.08. The molecule has 1 radical (unpaired) electrons. The molecule has 0 saturated carbocycles. The molecule has 41 valence electrons. The van der Waals surface area contributed by atoms with Crippen LogP contribution >= 0.6 is 0 Å². The van der Waals surface area contributed by atoms with Crippen LogP contribution in [0.15, 0.2) is 0 Å². The highest BCUT2D eigenvalue weighted by Gasteiger charge is 1.90. The van der Waals surface area contributed by atoms with Crippen LogP contribution in [0.2, 0.25) is 6.04 Å². The van der Waals surface area contributed by atoms with Crippen molar-refractivity contribution in [3.63, 3.8) is 0 Å². The summed E-state index contributed by atoms with van der Waals surface area (Å²) in [5.41, 5.74) is 0. The lowest BCUT2D eigenvalue weighted by Crippen LogP contribution is -1.92. The van der Waals surface area contributed by atoms with Crippen molar-refractivity contribution in [3.05, 3.63) is 0 Å². The first-order valence-corrected chi connectivity index (χ1v) is 3.28. The van der Waals surface area contributed by atoms with Crippen LogP contribution in [0.25, 0.3) is 0 Å². The van der Waals surface area contributed by atoms with E-state index in [4.69, 9.17) is 5.11 Å². The topological polar surface area (TPSA) is 37.3 Å². The van der Waals surface area contributed by atoms with Crippen LogP contribution in [-0.4, -0.2) is 21.3 Å². The van der Waals surface area contributed by atoms with Gasteiger partial charge in [-0.2, -0.15) is 0 Å². The second-order valence-electron chi connectivity index (χ2n) is 1.35. The van der Waals surface area contributed by atoms with E-state index >= 15 is 0 Å². The fraction of sp³-hybridized carbons (Fsp3) is 0.750. The third-order valence-electron chi connectivity index (χ3n) is 0.641. The highest BCUT2D eigenvalue weighted by atomic mass is 28.1. The Morgan fingerprint density at radius 3 is 2.43 bits per heavy atom. The fourth-order valence-electron chi connectivity index (χ4n) is 0.276. The summed E-state index contributed by atoms with van der Waals surface area (Å²) >= 11 is 0. The molecule has 0 rings (SSSR count). The average molecular weight is 117 g/mol. The summed E-state index contributed by atoms with van der Waals surface area (Å²) in [4.78, 5) is 9.76. The lowest BCUT2D eigenvalue weighted by atomic mass is 10.3. The molecule has 0 saturated heterocycles. The minimum absolute atomic E-state index is 0.323. The van der Waals surface area contributed by atoms with Crippen molar-refractivity contribution in [2.45, 2.75) is 18.9 Å². The number of carbonyl (C=O) groups is 1. The molecule has 2 nitrogen and oxygen atoms in total. The molecule has 0 aromatic carbocycles. The zero-order valence-corrected chi connectivity index (χ0v) is 5.60. The molecule has 0 spiro atoms. The SMILES string of the molecule is O=C(O)CCC[SiH2]. The van der Waals surface area contributed by atoms with Crippen LogP contribution in [0.4, 0.5) is 0 Å². The minimum Gasteiger partial charge on any atom is -0.481 e. The van der Waals surface area contributed by atoms with E-state index in [1.165, 1.54) is 0 Å². The van der Waals surface area contributed by atoms with E-state index in [2.05, 4.69) is 0 Å². The van der Waals surface area contributed by atoms with Crippen molar-refractivity contribution in [1.82, 2.24) is 0 Å². The van der Waals surface area contributed by atoms with Gasteiger partial charge >= 0.3 is 5.97 Å². The molecule has 3 heteroatoms. The lowest BCUT2D eigenvalue weighted by Gasteiger charge is -1.85. The quantitative estimate of drug-likeness (QED) is 0.524. The van der Waals surface area contributed by atoms with Gasteiger partial charge in [-0.3, -0.25) is 4.79 Å². The van der Waals surface area contributed by atoms with Crippen LogP contribution in [-0.2, 0) is 4.79 Å². The van der Waals surface area contributed by atoms with Gasteiger partial charge in [0.2, 0.25) is 0 Å². The second-order valence-corrected chi connectivity index (χ2v) is 2.06. The van der Waals surface area contributed by atoms with Crippen molar-refractivity contribution in [2.24, 2.45) is 0 Å². The summed E-state index contributed by atoms with van der Waals surface area (Å²) < 4.78 is 0. The van der Waals surface area contributed by atoms with Crippen molar-refractivity contribution in [2.75, 3.05) is 0 Å².